The van der Waals surface area contributed by atoms with E-state index < -0.39 is 0 Å². The van der Waals surface area contributed by atoms with Gasteiger partial charge in [0.05, 0.1) is 18.3 Å². The van der Waals surface area contributed by atoms with E-state index in [0.29, 0.717) is 11.8 Å². The summed E-state index contributed by atoms with van der Waals surface area (Å²) in [7, 11) is 0. The molecule has 1 amide bonds. The Kier molecular flexibility index (Phi) is 6.59. The Hall–Kier alpha value is -1.40. The third-order valence-corrected chi connectivity index (χ3v) is 4.28. The molecule has 0 radical (unpaired) electrons. The van der Waals surface area contributed by atoms with Gasteiger partial charge in [0, 0.05) is 43.9 Å². The number of carbonyl (C=O) groups is 1. The fourth-order valence-corrected chi connectivity index (χ4v) is 2.79. The van der Waals surface area contributed by atoms with Crippen LogP contribution in [-0.4, -0.2) is 41.4 Å². The molecular weight excluding hydrogens is 292 g/mol. The van der Waals surface area contributed by atoms with Crippen molar-refractivity contribution >= 4 is 5.91 Å². The SMILES string of the molecule is CCn1cc([C@@H]2OCC[C@H]2CN[C@@H](C)C(=O)NCC(C)C)cn1. The van der Waals surface area contributed by atoms with Crippen LogP contribution in [0.5, 0.6) is 0 Å². The molecule has 6 heteroatoms. The van der Waals surface area contributed by atoms with Gasteiger partial charge in [0.25, 0.3) is 0 Å². The average molecular weight is 322 g/mol. The molecular formula is C17H30N4O2. The number of nitrogens with one attached hydrogen (secondary N) is 2. The molecule has 1 aliphatic rings. The van der Waals surface area contributed by atoms with Crippen LogP contribution in [0.15, 0.2) is 12.4 Å². The van der Waals surface area contributed by atoms with Gasteiger partial charge in [-0.2, -0.15) is 5.10 Å². The van der Waals surface area contributed by atoms with E-state index in [1.165, 1.54) is 0 Å². The predicted molar refractivity (Wildman–Crippen MR) is 90.0 cm³/mol. The van der Waals surface area contributed by atoms with Crippen molar-refractivity contribution in [3.8, 4) is 0 Å². The maximum atomic E-state index is 12.0. The van der Waals surface area contributed by atoms with E-state index in [9.17, 15) is 4.79 Å². The molecule has 0 spiro atoms. The molecule has 23 heavy (non-hydrogen) atoms. The Balaban J connectivity index is 1.83. The van der Waals surface area contributed by atoms with Crippen molar-refractivity contribution in [3.05, 3.63) is 18.0 Å². The van der Waals surface area contributed by atoms with E-state index in [1.807, 2.05) is 17.8 Å². The van der Waals surface area contributed by atoms with E-state index in [0.717, 1.165) is 38.2 Å². The summed E-state index contributed by atoms with van der Waals surface area (Å²) in [6, 6.07) is -0.187. The highest BCUT2D eigenvalue weighted by Crippen LogP contribution is 2.33. The van der Waals surface area contributed by atoms with Gasteiger partial charge in [0.1, 0.15) is 0 Å². The molecule has 2 heterocycles. The second-order valence-electron chi connectivity index (χ2n) is 6.74. The number of carbonyl (C=O) groups excluding carboxylic acids is 1. The summed E-state index contributed by atoms with van der Waals surface area (Å²) in [6.45, 7) is 11.3. The number of rotatable bonds is 8. The lowest BCUT2D eigenvalue weighted by Crippen LogP contribution is -2.45. The first-order valence-electron chi connectivity index (χ1n) is 8.66. The minimum Gasteiger partial charge on any atom is -0.373 e. The van der Waals surface area contributed by atoms with E-state index in [2.05, 4.69) is 42.7 Å². The molecule has 130 valence electrons. The van der Waals surface area contributed by atoms with E-state index in [1.54, 1.807) is 0 Å². The lowest BCUT2D eigenvalue weighted by atomic mass is 9.97. The maximum absolute atomic E-state index is 12.0. The minimum absolute atomic E-state index is 0.0629. The maximum Gasteiger partial charge on any atom is 0.236 e. The van der Waals surface area contributed by atoms with Crippen molar-refractivity contribution in [1.82, 2.24) is 20.4 Å². The molecule has 0 unspecified atom stereocenters. The standard InChI is InChI=1S/C17H30N4O2/c1-5-21-11-15(10-20-21)16-14(6-7-23-16)9-18-13(4)17(22)19-8-12(2)3/h10-14,16,18H,5-9H2,1-4H3,(H,19,22)/t13-,14-,16+/m0/s1. The van der Waals surface area contributed by atoms with E-state index in [4.69, 9.17) is 4.74 Å². The van der Waals surface area contributed by atoms with Crippen molar-refractivity contribution in [3.63, 3.8) is 0 Å². The Bertz CT molecular complexity index is 501. The number of amides is 1. The summed E-state index contributed by atoms with van der Waals surface area (Å²) in [4.78, 5) is 12.0. The second kappa shape index (κ2) is 8.45. The molecule has 1 aliphatic heterocycles. The first-order valence-corrected chi connectivity index (χ1v) is 8.66. The topological polar surface area (TPSA) is 68.2 Å². The smallest absolute Gasteiger partial charge is 0.236 e. The van der Waals surface area contributed by atoms with E-state index >= 15 is 0 Å². The van der Waals surface area contributed by atoms with Gasteiger partial charge in [0.2, 0.25) is 5.91 Å². The first kappa shape index (κ1) is 17.9. The fourth-order valence-electron chi connectivity index (χ4n) is 2.79. The predicted octanol–water partition coefficient (Wildman–Crippen LogP) is 1.73. The van der Waals surface area contributed by atoms with Crippen LogP contribution in [0.25, 0.3) is 0 Å². The van der Waals surface area contributed by atoms with Crippen LogP contribution >= 0.6 is 0 Å². The molecule has 0 bridgehead atoms. The number of nitrogens with zero attached hydrogens (tertiary/aromatic N) is 2. The van der Waals surface area contributed by atoms with Crippen LogP contribution in [0.4, 0.5) is 0 Å². The number of hydrogen-bond acceptors (Lipinski definition) is 4. The molecule has 1 aromatic rings. The lowest BCUT2D eigenvalue weighted by Gasteiger charge is -2.21. The van der Waals surface area contributed by atoms with Gasteiger partial charge in [-0.25, -0.2) is 0 Å². The summed E-state index contributed by atoms with van der Waals surface area (Å²) in [6.07, 6.45) is 5.04. The molecule has 3 atom stereocenters. The van der Waals surface area contributed by atoms with Crippen molar-refractivity contribution in [2.45, 2.75) is 52.8 Å². The zero-order valence-electron chi connectivity index (χ0n) is 14.7. The molecule has 1 fully saturated rings. The van der Waals surface area contributed by atoms with Crippen LogP contribution in [0.1, 0.15) is 45.8 Å². The van der Waals surface area contributed by atoms with Crippen molar-refractivity contribution in [2.24, 2.45) is 11.8 Å². The Morgan fingerprint density at radius 3 is 2.91 bits per heavy atom. The molecule has 6 nitrogen and oxygen atoms in total. The molecule has 1 aromatic heterocycles. The summed E-state index contributed by atoms with van der Waals surface area (Å²) in [5.41, 5.74) is 1.13. The molecule has 0 aliphatic carbocycles. The van der Waals surface area contributed by atoms with Crippen LogP contribution in [0, 0.1) is 11.8 Å². The van der Waals surface area contributed by atoms with Gasteiger partial charge in [-0.15, -0.1) is 0 Å². The molecule has 2 N–H and O–H groups in total. The van der Waals surface area contributed by atoms with Crippen molar-refractivity contribution in [2.75, 3.05) is 19.7 Å². The normalized spacial score (nSPS) is 22.5. The van der Waals surface area contributed by atoms with Gasteiger partial charge in [0.15, 0.2) is 0 Å². The van der Waals surface area contributed by atoms with Gasteiger partial charge < -0.3 is 15.4 Å². The first-order chi connectivity index (χ1) is 11.0. The van der Waals surface area contributed by atoms with Gasteiger partial charge >= 0.3 is 0 Å². The van der Waals surface area contributed by atoms with Crippen LogP contribution in [-0.2, 0) is 16.1 Å². The number of aryl methyl sites for hydroxylation is 1. The van der Waals surface area contributed by atoms with Crippen molar-refractivity contribution in [1.29, 1.82) is 0 Å². The summed E-state index contributed by atoms with van der Waals surface area (Å²) < 4.78 is 7.81. The summed E-state index contributed by atoms with van der Waals surface area (Å²) >= 11 is 0. The largest absolute Gasteiger partial charge is 0.373 e. The molecule has 1 saturated heterocycles. The molecule has 0 saturated carbocycles. The highest BCUT2D eigenvalue weighted by molar-refractivity contribution is 5.81. The zero-order chi connectivity index (χ0) is 16.8. The number of hydrogen-bond donors (Lipinski definition) is 2. The van der Waals surface area contributed by atoms with E-state index in [-0.39, 0.29) is 18.1 Å². The fraction of sp³-hybridized carbons (Fsp3) is 0.765. The monoisotopic (exact) mass is 322 g/mol. The Morgan fingerprint density at radius 2 is 2.26 bits per heavy atom. The Labute approximate surface area is 139 Å². The Morgan fingerprint density at radius 1 is 1.48 bits per heavy atom. The van der Waals surface area contributed by atoms with Crippen LogP contribution in [0.2, 0.25) is 0 Å². The van der Waals surface area contributed by atoms with Crippen LogP contribution in [0.3, 0.4) is 0 Å². The molecule has 2 rings (SSSR count). The zero-order valence-corrected chi connectivity index (χ0v) is 14.7. The third kappa shape index (κ3) is 5.04. The van der Waals surface area contributed by atoms with Gasteiger partial charge in [-0.1, -0.05) is 13.8 Å². The van der Waals surface area contributed by atoms with Crippen molar-refractivity contribution < 1.29 is 9.53 Å². The molecule has 0 aromatic carbocycles. The number of aromatic nitrogens is 2. The minimum atomic E-state index is -0.187. The quantitative estimate of drug-likeness (QED) is 0.765. The lowest BCUT2D eigenvalue weighted by molar-refractivity contribution is -0.123. The summed E-state index contributed by atoms with van der Waals surface area (Å²) in [5, 5.41) is 10.6. The highest BCUT2D eigenvalue weighted by atomic mass is 16.5. The summed E-state index contributed by atoms with van der Waals surface area (Å²) in [5.74, 6) is 0.909. The highest BCUT2D eigenvalue weighted by Gasteiger charge is 2.31. The van der Waals surface area contributed by atoms with Gasteiger partial charge in [-0.3, -0.25) is 9.48 Å². The number of ether oxygens (including phenoxy) is 1. The van der Waals surface area contributed by atoms with Gasteiger partial charge in [-0.05, 0) is 26.2 Å². The third-order valence-electron chi connectivity index (χ3n) is 4.28. The van der Waals surface area contributed by atoms with Crippen LogP contribution < -0.4 is 10.6 Å². The average Bonchev–Trinajstić information content (AvgIpc) is 3.18. The second-order valence-corrected chi connectivity index (χ2v) is 6.74.